The molecule has 2 N–H and O–H groups in total. The van der Waals surface area contributed by atoms with Crippen molar-refractivity contribution < 1.29 is 14.5 Å². The summed E-state index contributed by atoms with van der Waals surface area (Å²) in [6, 6.07) is 12.7. The first-order valence-corrected chi connectivity index (χ1v) is 8.19. The highest BCUT2D eigenvalue weighted by Crippen LogP contribution is 2.37. The zero-order valence-electron chi connectivity index (χ0n) is 13.9. The van der Waals surface area contributed by atoms with E-state index in [1.165, 1.54) is 6.07 Å². The summed E-state index contributed by atoms with van der Waals surface area (Å²) in [5, 5.41) is 11.4. The molecule has 2 unspecified atom stereocenters. The molecule has 6 nitrogen and oxygen atoms in total. The van der Waals surface area contributed by atoms with Crippen molar-refractivity contribution in [3.8, 4) is 0 Å². The van der Waals surface area contributed by atoms with Gasteiger partial charge in [-0.15, -0.1) is 0 Å². The van der Waals surface area contributed by atoms with Crippen LogP contribution in [0, 0.1) is 16.0 Å². The smallest absolute Gasteiger partial charge is 0.338 e. The quantitative estimate of drug-likeness (QED) is 0.377. The third-order valence-corrected chi connectivity index (χ3v) is 4.22. The molecule has 0 saturated carbocycles. The maximum atomic E-state index is 12.6. The van der Waals surface area contributed by atoms with Gasteiger partial charge in [-0.05, 0) is 36.8 Å². The predicted molar refractivity (Wildman–Crippen MR) is 98.5 cm³/mol. The normalized spacial score (nSPS) is 16.8. The van der Waals surface area contributed by atoms with Gasteiger partial charge in [-0.2, -0.15) is 0 Å². The van der Waals surface area contributed by atoms with E-state index in [1.807, 2.05) is 24.3 Å². The summed E-state index contributed by atoms with van der Waals surface area (Å²) in [6.45, 7) is 0. The lowest BCUT2D eigenvalue weighted by Gasteiger charge is -2.25. The topological polar surface area (TPSA) is 95.5 Å². The number of carbonyl (C=O) groups excluding carboxylic acids is 1. The SMILES string of the molecule is Nc1ccc(C(=O)OC(c2ccccc2[N+](=O)[O-])C2C=CC=CC2)cc1. The van der Waals surface area contributed by atoms with Crippen LogP contribution in [0.25, 0.3) is 0 Å². The van der Waals surface area contributed by atoms with Crippen molar-refractivity contribution in [3.05, 3.63) is 94.1 Å². The Bertz CT molecular complexity index is 872. The van der Waals surface area contributed by atoms with E-state index in [0.29, 0.717) is 23.2 Å². The van der Waals surface area contributed by atoms with Crippen LogP contribution in [0.3, 0.4) is 0 Å². The first-order valence-electron chi connectivity index (χ1n) is 8.19. The summed E-state index contributed by atoms with van der Waals surface area (Å²) >= 11 is 0. The number of allylic oxidation sites excluding steroid dienone is 3. The van der Waals surface area contributed by atoms with Gasteiger partial charge in [-0.3, -0.25) is 10.1 Å². The Balaban J connectivity index is 1.95. The van der Waals surface area contributed by atoms with Crippen LogP contribution < -0.4 is 5.73 Å². The van der Waals surface area contributed by atoms with Crippen LogP contribution >= 0.6 is 0 Å². The third kappa shape index (κ3) is 3.80. The summed E-state index contributed by atoms with van der Waals surface area (Å²) in [6.07, 6.45) is 7.47. The van der Waals surface area contributed by atoms with Gasteiger partial charge in [-0.25, -0.2) is 4.79 Å². The van der Waals surface area contributed by atoms with Crippen molar-refractivity contribution in [2.75, 3.05) is 5.73 Å². The number of esters is 1. The largest absolute Gasteiger partial charge is 0.453 e. The number of benzene rings is 2. The number of anilines is 1. The number of nitro groups is 1. The fourth-order valence-electron chi connectivity index (χ4n) is 2.90. The second kappa shape index (κ2) is 7.65. The predicted octanol–water partition coefficient (Wildman–Crippen LogP) is 4.21. The van der Waals surface area contributed by atoms with Crippen molar-refractivity contribution in [1.82, 2.24) is 0 Å². The number of para-hydroxylation sites is 1. The van der Waals surface area contributed by atoms with Crippen LogP contribution in [-0.4, -0.2) is 10.9 Å². The van der Waals surface area contributed by atoms with E-state index in [4.69, 9.17) is 10.5 Å². The number of carbonyl (C=O) groups is 1. The highest BCUT2D eigenvalue weighted by atomic mass is 16.6. The van der Waals surface area contributed by atoms with Gasteiger partial charge in [0, 0.05) is 17.7 Å². The molecule has 132 valence electrons. The lowest BCUT2D eigenvalue weighted by atomic mass is 9.89. The molecule has 0 saturated heterocycles. The Morgan fingerprint density at radius 1 is 1.15 bits per heavy atom. The maximum absolute atomic E-state index is 12.6. The number of hydrogen-bond acceptors (Lipinski definition) is 5. The number of hydrogen-bond donors (Lipinski definition) is 1. The van der Waals surface area contributed by atoms with Crippen molar-refractivity contribution in [2.24, 2.45) is 5.92 Å². The molecule has 0 aromatic heterocycles. The minimum absolute atomic E-state index is 0.0643. The van der Waals surface area contributed by atoms with E-state index in [9.17, 15) is 14.9 Å². The van der Waals surface area contributed by atoms with Crippen molar-refractivity contribution in [2.45, 2.75) is 12.5 Å². The fraction of sp³-hybridized carbons (Fsp3) is 0.150. The maximum Gasteiger partial charge on any atom is 0.338 e. The van der Waals surface area contributed by atoms with Gasteiger partial charge >= 0.3 is 5.97 Å². The monoisotopic (exact) mass is 350 g/mol. The summed E-state index contributed by atoms with van der Waals surface area (Å²) in [4.78, 5) is 23.6. The molecule has 6 heteroatoms. The third-order valence-electron chi connectivity index (χ3n) is 4.22. The van der Waals surface area contributed by atoms with Crippen LogP contribution in [0.15, 0.2) is 72.8 Å². The van der Waals surface area contributed by atoms with Gasteiger partial charge < -0.3 is 10.5 Å². The van der Waals surface area contributed by atoms with E-state index < -0.39 is 17.0 Å². The number of rotatable bonds is 5. The standard InChI is InChI=1S/C20H18N2O4/c21-16-12-10-15(11-13-16)20(23)26-19(14-6-2-1-3-7-14)17-8-4-5-9-18(17)22(24)25/h1-6,8-14,19H,7,21H2. The highest BCUT2D eigenvalue weighted by Gasteiger charge is 2.31. The van der Waals surface area contributed by atoms with E-state index >= 15 is 0 Å². The summed E-state index contributed by atoms with van der Waals surface area (Å²) < 4.78 is 5.72. The average molecular weight is 350 g/mol. The Kier molecular flexibility index (Phi) is 5.12. The molecule has 0 heterocycles. The second-order valence-corrected chi connectivity index (χ2v) is 5.98. The molecule has 3 rings (SSSR count). The minimum Gasteiger partial charge on any atom is -0.453 e. The van der Waals surface area contributed by atoms with E-state index in [-0.39, 0.29) is 11.6 Å². The van der Waals surface area contributed by atoms with E-state index in [0.717, 1.165) is 0 Å². The molecule has 0 bridgehead atoms. The number of nitrogen functional groups attached to an aromatic ring is 1. The highest BCUT2D eigenvalue weighted by molar-refractivity contribution is 5.90. The van der Waals surface area contributed by atoms with Gasteiger partial charge in [0.1, 0.15) is 6.10 Å². The Morgan fingerprint density at radius 2 is 1.88 bits per heavy atom. The first-order chi connectivity index (χ1) is 12.6. The van der Waals surface area contributed by atoms with Crippen molar-refractivity contribution in [3.63, 3.8) is 0 Å². The fourth-order valence-corrected chi connectivity index (χ4v) is 2.90. The molecule has 0 spiro atoms. The van der Waals surface area contributed by atoms with Gasteiger partial charge in [-0.1, -0.05) is 36.4 Å². The lowest BCUT2D eigenvalue weighted by Crippen LogP contribution is -2.20. The summed E-state index contributed by atoms with van der Waals surface area (Å²) in [5.74, 6) is -0.727. The molecule has 0 aliphatic heterocycles. The molecule has 2 aromatic rings. The van der Waals surface area contributed by atoms with Gasteiger partial charge in [0.05, 0.1) is 16.1 Å². The average Bonchev–Trinajstić information content (AvgIpc) is 2.67. The van der Waals surface area contributed by atoms with Crippen molar-refractivity contribution >= 4 is 17.3 Å². The lowest BCUT2D eigenvalue weighted by molar-refractivity contribution is -0.386. The molecule has 26 heavy (non-hydrogen) atoms. The Labute approximate surface area is 150 Å². The molecule has 2 atom stereocenters. The number of nitro benzene ring substituents is 1. The molecule has 1 aliphatic carbocycles. The summed E-state index contributed by atoms with van der Waals surface area (Å²) in [7, 11) is 0. The molecular weight excluding hydrogens is 332 g/mol. The number of nitrogens with zero attached hydrogens (tertiary/aromatic N) is 1. The zero-order valence-corrected chi connectivity index (χ0v) is 13.9. The molecule has 0 radical (unpaired) electrons. The molecule has 0 fully saturated rings. The van der Waals surface area contributed by atoms with Gasteiger partial charge in [0.15, 0.2) is 0 Å². The van der Waals surface area contributed by atoms with Crippen LogP contribution in [0.5, 0.6) is 0 Å². The first kappa shape index (κ1) is 17.4. The second-order valence-electron chi connectivity index (χ2n) is 5.98. The van der Waals surface area contributed by atoms with Gasteiger partial charge in [0.2, 0.25) is 0 Å². The van der Waals surface area contributed by atoms with Crippen molar-refractivity contribution in [1.29, 1.82) is 0 Å². The minimum atomic E-state index is -0.761. The Morgan fingerprint density at radius 3 is 2.54 bits per heavy atom. The van der Waals surface area contributed by atoms with E-state index in [1.54, 1.807) is 42.5 Å². The van der Waals surface area contributed by atoms with E-state index in [2.05, 4.69) is 0 Å². The van der Waals surface area contributed by atoms with Crippen LogP contribution in [0.1, 0.15) is 28.4 Å². The number of nitrogens with two attached hydrogens (primary N) is 1. The summed E-state index contributed by atoms with van der Waals surface area (Å²) in [5.41, 5.74) is 6.85. The molecule has 2 aromatic carbocycles. The molecule has 0 amide bonds. The zero-order chi connectivity index (χ0) is 18.5. The number of ether oxygens (including phenoxy) is 1. The van der Waals surface area contributed by atoms with Crippen LogP contribution in [0.4, 0.5) is 11.4 Å². The molecular formula is C20H18N2O4. The van der Waals surface area contributed by atoms with Crippen LogP contribution in [-0.2, 0) is 4.74 Å². The van der Waals surface area contributed by atoms with Gasteiger partial charge in [0.25, 0.3) is 5.69 Å². The Hall–Kier alpha value is -3.41. The van der Waals surface area contributed by atoms with Crippen LogP contribution in [0.2, 0.25) is 0 Å². The molecule has 1 aliphatic rings.